The van der Waals surface area contributed by atoms with Crippen LogP contribution >= 0.6 is 0 Å². The van der Waals surface area contributed by atoms with Crippen LogP contribution < -0.4 is 10.2 Å². The quantitative estimate of drug-likeness (QED) is 0.532. The summed E-state index contributed by atoms with van der Waals surface area (Å²) in [6, 6.07) is 23.0. The number of anilines is 1. The number of fused-ring (bicyclic) bond motifs is 2. The predicted octanol–water partition coefficient (Wildman–Crippen LogP) is 5.66. The number of rotatable bonds is 6. The third-order valence-electron chi connectivity index (χ3n) is 7.43. The SMILES string of the molecule is CC(N[C@H]1C[C@@H](C)N(c2ccc3c(c2)[C@@H](CC(=O)O)CC3)C1)c1cccc2ccccc12. The van der Waals surface area contributed by atoms with E-state index < -0.39 is 5.97 Å². The minimum Gasteiger partial charge on any atom is -0.481 e. The zero-order valence-corrected chi connectivity index (χ0v) is 18.9. The first-order valence-electron chi connectivity index (χ1n) is 11.8. The Morgan fingerprint density at radius 2 is 1.97 bits per heavy atom. The molecule has 0 radical (unpaired) electrons. The predicted molar refractivity (Wildman–Crippen MR) is 130 cm³/mol. The van der Waals surface area contributed by atoms with Crippen molar-refractivity contribution in [2.45, 2.75) is 63.6 Å². The number of benzene rings is 3. The van der Waals surface area contributed by atoms with E-state index in [0.29, 0.717) is 12.1 Å². The highest BCUT2D eigenvalue weighted by molar-refractivity contribution is 5.86. The molecule has 32 heavy (non-hydrogen) atoms. The second kappa shape index (κ2) is 8.59. The van der Waals surface area contributed by atoms with Gasteiger partial charge in [0.1, 0.15) is 0 Å². The number of carboxylic acid groups (broad SMARTS) is 1. The van der Waals surface area contributed by atoms with Gasteiger partial charge in [-0.2, -0.15) is 0 Å². The summed E-state index contributed by atoms with van der Waals surface area (Å²) in [5, 5.41) is 15.8. The van der Waals surface area contributed by atoms with E-state index in [0.717, 1.165) is 25.8 Å². The molecule has 0 aromatic heterocycles. The van der Waals surface area contributed by atoms with Crippen molar-refractivity contribution in [3.05, 3.63) is 77.4 Å². The monoisotopic (exact) mass is 428 g/mol. The number of hydrogen-bond donors (Lipinski definition) is 2. The lowest BCUT2D eigenvalue weighted by Crippen LogP contribution is -2.34. The van der Waals surface area contributed by atoms with E-state index in [1.165, 1.54) is 33.2 Å². The fourth-order valence-corrected chi connectivity index (χ4v) is 5.86. The van der Waals surface area contributed by atoms with Gasteiger partial charge in [-0.3, -0.25) is 4.79 Å². The van der Waals surface area contributed by atoms with E-state index in [2.05, 4.69) is 84.7 Å². The van der Waals surface area contributed by atoms with Crippen molar-refractivity contribution < 1.29 is 9.90 Å². The molecule has 0 bridgehead atoms. The molecule has 2 N–H and O–H groups in total. The standard InChI is InChI=1S/C28H32N2O2/c1-18-14-23(29-19(2)25-9-5-7-20-6-3-4-8-26(20)25)17-30(18)24-13-12-21-10-11-22(15-28(31)32)27(21)16-24/h3-9,12-13,16,18-19,22-23,29H,10-11,14-15,17H2,1-2H3,(H,31,32)/t18-,19?,22-,23+/m1/s1. The topological polar surface area (TPSA) is 52.6 Å². The minimum absolute atomic E-state index is 0.153. The van der Waals surface area contributed by atoms with Gasteiger partial charge in [-0.25, -0.2) is 0 Å². The van der Waals surface area contributed by atoms with Gasteiger partial charge >= 0.3 is 5.97 Å². The number of hydrogen-bond acceptors (Lipinski definition) is 3. The van der Waals surface area contributed by atoms with Gasteiger partial charge in [0.2, 0.25) is 0 Å². The van der Waals surface area contributed by atoms with Crippen molar-refractivity contribution in [1.29, 1.82) is 0 Å². The molecule has 1 unspecified atom stereocenters. The maximum Gasteiger partial charge on any atom is 0.303 e. The summed E-state index contributed by atoms with van der Waals surface area (Å²) in [5.41, 5.74) is 5.16. The van der Waals surface area contributed by atoms with Crippen LogP contribution in [-0.4, -0.2) is 29.7 Å². The molecule has 1 fully saturated rings. The molecule has 1 aliphatic carbocycles. The largest absolute Gasteiger partial charge is 0.481 e. The molecule has 4 heteroatoms. The van der Waals surface area contributed by atoms with Gasteiger partial charge in [0.05, 0.1) is 6.42 Å². The third-order valence-corrected chi connectivity index (χ3v) is 7.43. The number of nitrogens with zero attached hydrogens (tertiary/aromatic N) is 1. The molecule has 166 valence electrons. The van der Waals surface area contributed by atoms with Gasteiger partial charge in [-0.05, 0) is 78.6 Å². The number of carbonyl (C=O) groups is 1. The first-order chi connectivity index (χ1) is 15.5. The first kappa shape index (κ1) is 21.0. The van der Waals surface area contributed by atoms with E-state index >= 15 is 0 Å². The third kappa shape index (κ3) is 4.00. The number of nitrogens with one attached hydrogen (secondary N) is 1. The summed E-state index contributed by atoms with van der Waals surface area (Å²) in [4.78, 5) is 13.8. The van der Waals surface area contributed by atoms with E-state index in [1.54, 1.807) is 0 Å². The van der Waals surface area contributed by atoms with Crippen LogP contribution in [0.1, 0.15) is 61.8 Å². The molecule has 5 rings (SSSR count). The Morgan fingerprint density at radius 3 is 2.81 bits per heavy atom. The molecular weight excluding hydrogens is 396 g/mol. The van der Waals surface area contributed by atoms with Crippen LogP contribution in [0.15, 0.2) is 60.7 Å². The Balaban J connectivity index is 1.32. The fourth-order valence-electron chi connectivity index (χ4n) is 5.86. The average Bonchev–Trinajstić information content (AvgIpc) is 3.35. The van der Waals surface area contributed by atoms with Crippen LogP contribution in [0.2, 0.25) is 0 Å². The van der Waals surface area contributed by atoms with Gasteiger partial charge in [0, 0.05) is 30.4 Å². The Bertz CT molecular complexity index is 1140. The molecule has 1 saturated heterocycles. The lowest BCUT2D eigenvalue weighted by molar-refractivity contribution is -0.137. The van der Waals surface area contributed by atoms with Gasteiger partial charge < -0.3 is 15.3 Å². The molecule has 2 aliphatic rings. The second-order valence-electron chi connectivity index (χ2n) is 9.61. The Kier molecular flexibility index (Phi) is 5.64. The van der Waals surface area contributed by atoms with E-state index in [1.807, 2.05) is 0 Å². The van der Waals surface area contributed by atoms with Crippen molar-refractivity contribution in [3.8, 4) is 0 Å². The van der Waals surface area contributed by atoms with Gasteiger partial charge in [0.15, 0.2) is 0 Å². The average molecular weight is 429 g/mol. The van der Waals surface area contributed by atoms with Crippen molar-refractivity contribution in [3.63, 3.8) is 0 Å². The van der Waals surface area contributed by atoms with Crippen LogP contribution in [-0.2, 0) is 11.2 Å². The van der Waals surface area contributed by atoms with E-state index in [-0.39, 0.29) is 18.4 Å². The minimum atomic E-state index is -0.700. The molecule has 4 nitrogen and oxygen atoms in total. The summed E-state index contributed by atoms with van der Waals surface area (Å²) < 4.78 is 0. The van der Waals surface area contributed by atoms with Crippen molar-refractivity contribution in [2.75, 3.05) is 11.4 Å². The molecule has 3 aromatic rings. The molecule has 1 heterocycles. The smallest absolute Gasteiger partial charge is 0.303 e. The highest BCUT2D eigenvalue weighted by Crippen LogP contribution is 2.39. The Morgan fingerprint density at radius 1 is 1.16 bits per heavy atom. The van der Waals surface area contributed by atoms with Crippen LogP contribution in [0.5, 0.6) is 0 Å². The van der Waals surface area contributed by atoms with E-state index in [9.17, 15) is 9.90 Å². The Labute approximate surface area is 190 Å². The highest BCUT2D eigenvalue weighted by Gasteiger charge is 2.32. The normalized spacial score (nSPS) is 23.4. The second-order valence-corrected chi connectivity index (χ2v) is 9.61. The van der Waals surface area contributed by atoms with E-state index in [4.69, 9.17) is 0 Å². The summed E-state index contributed by atoms with van der Waals surface area (Å²) in [7, 11) is 0. The lowest BCUT2D eigenvalue weighted by atomic mass is 9.97. The maximum atomic E-state index is 11.3. The summed E-state index contributed by atoms with van der Waals surface area (Å²) in [6.07, 6.45) is 3.28. The number of aryl methyl sites for hydroxylation is 1. The molecular formula is C28H32N2O2. The highest BCUT2D eigenvalue weighted by atomic mass is 16.4. The molecule has 3 aromatic carbocycles. The van der Waals surface area contributed by atoms with Crippen molar-refractivity contribution in [2.24, 2.45) is 0 Å². The molecule has 0 spiro atoms. The fraction of sp³-hybridized carbons (Fsp3) is 0.393. The van der Waals surface area contributed by atoms with Crippen molar-refractivity contribution >= 4 is 22.4 Å². The van der Waals surface area contributed by atoms with Gasteiger partial charge in [0.25, 0.3) is 0 Å². The van der Waals surface area contributed by atoms with Gasteiger partial charge in [-0.1, -0.05) is 48.5 Å². The molecule has 1 aliphatic heterocycles. The van der Waals surface area contributed by atoms with Crippen LogP contribution in [0.25, 0.3) is 10.8 Å². The first-order valence-corrected chi connectivity index (χ1v) is 11.8. The summed E-state index contributed by atoms with van der Waals surface area (Å²) in [5.74, 6) is -0.546. The lowest BCUT2D eigenvalue weighted by Gasteiger charge is -2.26. The maximum absolute atomic E-state index is 11.3. The van der Waals surface area contributed by atoms with Crippen LogP contribution in [0.4, 0.5) is 5.69 Å². The zero-order chi connectivity index (χ0) is 22.2. The molecule has 4 atom stereocenters. The Hall–Kier alpha value is -2.85. The molecule has 0 amide bonds. The summed E-state index contributed by atoms with van der Waals surface area (Å²) >= 11 is 0. The summed E-state index contributed by atoms with van der Waals surface area (Å²) in [6.45, 7) is 5.53. The zero-order valence-electron chi connectivity index (χ0n) is 18.9. The number of aliphatic carboxylic acids is 1. The van der Waals surface area contributed by atoms with Crippen LogP contribution in [0, 0.1) is 0 Å². The number of carboxylic acids is 1. The van der Waals surface area contributed by atoms with Crippen molar-refractivity contribution in [1.82, 2.24) is 5.32 Å². The van der Waals surface area contributed by atoms with Gasteiger partial charge in [-0.15, -0.1) is 0 Å². The molecule has 0 saturated carbocycles. The van der Waals surface area contributed by atoms with Crippen LogP contribution in [0.3, 0.4) is 0 Å².